The van der Waals surface area contributed by atoms with E-state index in [2.05, 4.69) is 0 Å². The van der Waals surface area contributed by atoms with E-state index in [1.807, 2.05) is 10.8 Å². The van der Waals surface area contributed by atoms with Crippen LogP contribution in [0.5, 0.6) is 5.75 Å². The number of aromatic nitrogens is 1. The summed E-state index contributed by atoms with van der Waals surface area (Å²) < 4.78 is 18.0. The molecule has 11 heteroatoms. The number of nitrogens with zero attached hydrogens (tertiary/aromatic N) is 1. The number of hydrogen-bond acceptors (Lipinski definition) is 10. The second kappa shape index (κ2) is 14.9. The van der Waals surface area contributed by atoms with Crippen molar-refractivity contribution in [1.82, 2.24) is 0 Å². The van der Waals surface area contributed by atoms with Gasteiger partial charge in [0.05, 0.1) is 0 Å². The van der Waals surface area contributed by atoms with Crippen molar-refractivity contribution >= 4 is 17.9 Å². The van der Waals surface area contributed by atoms with Gasteiger partial charge in [-0.25, -0.2) is 4.57 Å². The number of carbonyl (C=O) groups excluding carboxylic acids is 3. The van der Waals surface area contributed by atoms with Gasteiger partial charge in [-0.3, -0.25) is 14.4 Å². The van der Waals surface area contributed by atoms with Crippen LogP contribution >= 0.6 is 0 Å². The number of rotatable bonds is 13. The Hall–Kier alpha value is -2.76. The summed E-state index contributed by atoms with van der Waals surface area (Å²) in [6, 6.07) is -2.58. The first-order valence-corrected chi connectivity index (χ1v) is 14.3. The van der Waals surface area contributed by atoms with Crippen molar-refractivity contribution in [2.75, 3.05) is 0 Å². The normalized spacial score (nSPS) is 14.6. The van der Waals surface area contributed by atoms with Crippen LogP contribution in [0.3, 0.4) is 0 Å². The SMILES string of the molecule is CC(C)(C)OC(=O)[C@@H](N)CCCC[n+]1cc(O)c(C[C@H](N)C(=O)OC(C)(C)C)c(CC[C@H](N)C(=O)OC(C)(C)C)c1. The van der Waals surface area contributed by atoms with Crippen molar-refractivity contribution in [2.24, 2.45) is 17.2 Å². The monoisotopic (exact) mass is 581 g/mol. The summed E-state index contributed by atoms with van der Waals surface area (Å²) in [5.41, 5.74) is 17.5. The molecule has 0 aliphatic heterocycles. The van der Waals surface area contributed by atoms with E-state index in [9.17, 15) is 19.5 Å². The minimum Gasteiger partial charge on any atom is -0.503 e. The third-order valence-corrected chi connectivity index (χ3v) is 5.77. The summed E-state index contributed by atoms with van der Waals surface area (Å²) >= 11 is 0. The number of unbranched alkanes of at least 4 members (excludes halogenated alkanes) is 1. The highest BCUT2D eigenvalue weighted by molar-refractivity contribution is 5.77. The van der Waals surface area contributed by atoms with Crippen molar-refractivity contribution in [2.45, 2.75) is 142 Å². The second-order valence-electron chi connectivity index (χ2n) is 13.5. The molecule has 0 spiro atoms. The van der Waals surface area contributed by atoms with Gasteiger partial charge in [0.1, 0.15) is 41.5 Å². The van der Waals surface area contributed by atoms with Crippen molar-refractivity contribution in [1.29, 1.82) is 0 Å². The summed E-state index contributed by atoms with van der Waals surface area (Å²) in [5.74, 6) is -1.56. The molecule has 1 aromatic heterocycles. The standard InChI is InChI=1S/C30H52N4O7/c1-28(2,3)39-25(36)21(31)12-10-11-15-34-17-19(13-14-22(32)26(37)40-29(4,5)6)20(24(35)18-34)16-23(33)27(38)41-30(7,8)9/h17-18,21-23H,10-16,31-33H2,1-9H3/p+1/t21-,22-,23-/m0/s1. The molecule has 0 saturated heterocycles. The lowest BCUT2D eigenvalue weighted by Gasteiger charge is -2.23. The van der Waals surface area contributed by atoms with Crippen LogP contribution < -0.4 is 21.8 Å². The Morgan fingerprint density at radius 2 is 1.17 bits per heavy atom. The number of nitrogens with two attached hydrogens (primary N) is 3. The first kappa shape index (κ1) is 36.3. The summed E-state index contributed by atoms with van der Waals surface area (Å²) in [6.45, 7) is 16.5. The lowest BCUT2D eigenvalue weighted by Crippen LogP contribution is -2.40. The molecule has 1 rings (SSSR count). The molecular weight excluding hydrogens is 528 g/mol. The molecule has 234 valence electrons. The lowest BCUT2D eigenvalue weighted by molar-refractivity contribution is -0.698. The topological polar surface area (TPSA) is 181 Å². The molecule has 1 heterocycles. The maximum absolute atomic E-state index is 12.5. The smallest absolute Gasteiger partial charge is 0.323 e. The van der Waals surface area contributed by atoms with Crippen molar-refractivity contribution in [3.8, 4) is 5.75 Å². The van der Waals surface area contributed by atoms with E-state index in [4.69, 9.17) is 31.4 Å². The van der Waals surface area contributed by atoms with Gasteiger partial charge in [0.15, 0.2) is 11.9 Å². The van der Waals surface area contributed by atoms with E-state index in [1.54, 1.807) is 68.5 Å². The van der Waals surface area contributed by atoms with Crippen LogP contribution in [-0.2, 0) is 48.0 Å². The van der Waals surface area contributed by atoms with Gasteiger partial charge in [0.25, 0.3) is 0 Å². The predicted molar refractivity (Wildman–Crippen MR) is 156 cm³/mol. The first-order chi connectivity index (χ1) is 18.6. The minimum absolute atomic E-state index is 0.0298. The molecular formula is C30H53N4O7+. The fourth-order valence-corrected chi connectivity index (χ4v) is 3.94. The zero-order valence-corrected chi connectivity index (χ0v) is 26.4. The zero-order valence-electron chi connectivity index (χ0n) is 26.4. The summed E-state index contributed by atoms with van der Waals surface area (Å²) in [6.07, 6.45) is 5.89. The number of pyridine rings is 1. The molecule has 0 bridgehead atoms. The largest absolute Gasteiger partial charge is 0.503 e. The molecule has 11 nitrogen and oxygen atoms in total. The molecule has 0 aromatic carbocycles. The average Bonchev–Trinajstić information content (AvgIpc) is 2.78. The quantitative estimate of drug-likeness (QED) is 0.117. The fourth-order valence-electron chi connectivity index (χ4n) is 3.94. The van der Waals surface area contributed by atoms with Crippen LogP contribution in [0.4, 0.5) is 0 Å². The van der Waals surface area contributed by atoms with Gasteiger partial charge in [0, 0.05) is 24.0 Å². The number of hydrogen-bond donors (Lipinski definition) is 4. The Kier molecular flexibility index (Phi) is 13.2. The lowest BCUT2D eigenvalue weighted by atomic mass is 9.96. The van der Waals surface area contributed by atoms with Crippen LogP contribution in [0.25, 0.3) is 0 Å². The highest BCUT2D eigenvalue weighted by Crippen LogP contribution is 2.24. The molecule has 0 amide bonds. The number of ether oxygens (including phenoxy) is 3. The zero-order chi connectivity index (χ0) is 31.8. The van der Waals surface area contributed by atoms with Gasteiger partial charge in [-0.05, 0) is 88.0 Å². The Bertz CT molecular complexity index is 1040. The van der Waals surface area contributed by atoms with Crippen LogP contribution in [0, 0.1) is 0 Å². The van der Waals surface area contributed by atoms with Crippen molar-refractivity contribution in [3.05, 3.63) is 23.5 Å². The summed E-state index contributed by atoms with van der Waals surface area (Å²) in [7, 11) is 0. The van der Waals surface area contributed by atoms with E-state index < -0.39 is 52.8 Å². The van der Waals surface area contributed by atoms with Crippen LogP contribution in [-0.4, -0.2) is 57.9 Å². The molecule has 7 N–H and O–H groups in total. The van der Waals surface area contributed by atoms with Crippen molar-refractivity contribution in [3.63, 3.8) is 0 Å². The highest BCUT2D eigenvalue weighted by Gasteiger charge is 2.28. The number of carbonyl (C=O) groups is 3. The van der Waals surface area contributed by atoms with Gasteiger partial charge in [0.2, 0.25) is 6.20 Å². The van der Waals surface area contributed by atoms with E-state index in [1.165, 1.54) is 0 Å². The molecule has 0 aliphatic carbocycles. The maximum atomic E-state index is 12.5. The molecule has 0 radical (unpaired) electrons. The van der Waals surface area contributed by atoms with Crippen LogP contribution in [0.1, 0.15) is 99.1 Å². The Balaban J connectivity index is 3.04. The van der Waals surface area contributed by atoms with Gasteiger partial charge >= 0.3 is 17.9 Å². The first-order valence-electron chi connectivity index (χ1n) is 14.3. The fraction of sp³-hybridized carbons (Fsp3) is 0.733. The Morgan fingerprint density at radius 1 is 0.732 bits per heavy atom. The second-order valence-corrected chi connectivity index (χ2v) is 13.5. The maximum Gasteiger partial charge on any atom is 0.323 e. The molecule has 0 unspecified atom stereocenters. The minimum atomic E-state index is -0.997. The van der Waals surface area contributed by atoms with Crippen LogP contribution in [0.15, 0.2) is 12.4 Å². The van der Waals surface area contributed by atoms with Crippen molar-refractivity contribution < 1.29 is 38.3 Å². The molecule has 1 aromatic rings. The third kappa shape index (κ3) is 14.6. The Morgan fingerprint density at radius 3 is 1.63 bits per heavy atom. The third-order valence-electron chi connectivity index (χ3n) is 5.77. The van der Waals surface area contributed by atoms with Crippen LogP contribution in [0.2, 0.25) is 0 Å². The molecule has 0 aliphatic rings. The summed E-state index contributed by atoms with van der Waals surface area (Å²) in [5, 5.41) is 11.0. The molecule has 0 saturated carbocycles. The highest BCUT2D eigenvalue weighted by atomic mass is 16.6. The van der Waals surface area contributed by atoms with Gasteiger partial charge in [-0.15, -0.1) is 0 Å². The predicted octanol–water partition coefficient (Wildman–Crippen LogP) is 2.33. The Labute approximate surface area is 245 Å². The number of aromatic hydroxyl groups is 1. The van der Waals surface area contributed by atoms with E-state index >= 15 is 0 Å². The number of aryl methyl sites for hydroxylation is 2. The van der Waals surface area contributed by atoms with Gasteiger partial charge < -0.3 is 36.5 Å². The van der Waals surface area contributed by atoms with E-state index in [0.29, 0.717) is 43.4 Å². The van der Waals surface area contributed by atoms with Gasteiger partial charge in [-0.1, -0.05) is 0 Å². The molecule has 41 heavy (non-hydrogen) atoms. The van der Waals surface area contributed by atoms with E-state index in [0.717, 1.165) is 0 Å². The molecule has 3 atom stereocenters. The van der Waals surface area contributed by atoms with Gasteiger partial charge in [-0.2, -0.15) is 0 Å². The average molecular weight is 582 g/mol. The number of esters is 3. The van der Waals surface area contributed by atoms with E-state index in [-0.39, 0.29) is 18.6 Å². The summed E-state index contributed by atoms with van der Waals surface area (Å²) in [4.78, 5) is 37.1. The molecule has 0 fully saturated rings.